The molecule has 0 bridgehead atoms. The van der Waals surface area contributed by atoms with Gasteiger partial charge in [-0.3, -0.25) is 4.79 Å². The number of thioether (sulfide) groups is 1. The van der Waals surface area contributed by atoms with Gasteiger partial charge in [0.05, 0.1) is 11.0 Å². The van der Waals surface area contributed by atoms with Crippen molar-refractivity contribution in [2.45, 2.75) is 23.2 Å². The van der Waals surface area contributed by atoms with E-state index in [2.05, 4.69) is 9.97 Å². The number of carboxylic acid groups (broad SMARTS) is 1. The lowest BCUT2D eigenvalue weighted by Gasteiger charge is -2.07. The molecular weight excluding hydrogens is 236 g/mol. The standard InChI is InChI=1S/C12H12N2O2S/c15-11(16)10(7-5-6-7)17-12-13-8-3-1-2-4-9(8)14-12/h1-4,7,10H,5-6H2,(H,13,14)(H,15,16). The first kappa shape index (κ1) is 10.7. The number of nitrogens with zero attached hydrogens (tertiary/aromatic N) is 1. The number of para-hydroxylation sites is 2. The van der Waals surface area contributed by atoms with Crippen molar-refractivity contribution in [2.75, 3.05) is 0 Å². The van der Waals surface area contributed by atoms with E-state index in [1.807, 2.05) is 24.3 Å². The number of nitrogens with one attached hydrogen (secondary N) is 1. The summed E-state index contributed by atoms with van der Waals surface area (Å²) in [6.07, 6.45) is 2.04. The minimum Gasteiger partial charge on any atom is -0.480 e. The van der Waals surface area contributed by atoms with E-state index in [4.69, 9.17) is 5.11 Å². The number of hydrogen-bond donors (Lipinski definition) is 2. The highest BCUT2D eigenvalue weighted by atomic mass is 32.2. The quantitative estimate of drug-likeness (QED) is 0.816. The second-order valence-corrected chi connectivity index (χ2v) is 5.40. The van der Waals surface area contributed by atoms with Crippen molar-refractivity contribution in [3.63, 3.8) is 0 Å². The molecule has 0 spiro atoms. The van der Waals surface area contributed by atoms with Crippen LogP contribution in [0.25, 0.3) is 11.0 Å². The van der Waals surface area contributed by atoms with Crippen molar-refractivity contribution in [2.24, 2.45) is 5.92 Å². The third kappa shape index (κ3) is 2.15. The second-order valence-electron chi connectivity index (χ2n) is 4.27. The molecular formula is C12H12N2O2S. The fourth-order valence-electron chi connectivity index (χ4n) is 1.85. The van der Waals surface area contributed by atoms with Gasteiger partial charge in [0.2, 0.25) is 0 Å². The Hall–Kier alpha value is -1.49. The van der Waals surface area contributed by atoms with Crippen molar-refractivity contribution in [1.29, 1.82) is 0 Å². The molecule has 1 atom stereocenters. The van der Waals surface area contributed by atoms with Crippen LogP contribution in [0.15, 0.2) is 29.4 Å². The Bertz CT molecular complexity index is 529. The fourth-order valence-corrected chi connectivity index (χ4v) is 2.98. The molecule has 2 aromatic rings. The molecule has 1 fully saturated rings. The molecule has 17 heavy (non-hydrogen) atoms. The lowest BCUT2D eigenvalue weighted by atomic mass is 10.3. The number of fused-ring (bicyclic) bond motifs is 1. The van der Waals surface area contributed by atoms with E-state index in [1.165, 1.54) is 11.8 Å². The summed E-state index contributed by atoms with van der Waals surface area (Å²) in [5.41, 5.74) is 1.84. The summed E-state index contributed by atoms with van der Waals surface area (Å²) < 4.78 is 0. The molecule has 4 nitrogen and oxygen atoms in total. The monoisotopic (exact) mass is 248 g/mol. The second kappa shape index (κ2) is 4.07. The Balaban J connectivity index is 1.85. The molecule has 1 aromatic carbocycles. The molecule has 1 saturated carbocycles. The lowest BCUT2D eigenvalue weighted by molar-refractivity contribution is -0.136. The van der Waals surface area contributed by atoms with Crippen LogP contribution < -0.4 is 0 Å². The predicted molar refractivity (Wildman–Crippen MR) is 66.1 cm³/mol. The smallest absolute Gasteiger partial charge is 0.317 e. The minimum atomic E-state index is -0.738. The van der Waals surface area contributed by atoms with Gasteiger partial charge in [-0.15, -0.1) is 0 Å². The highest BCUT2D eigenvalue weighted by molar-refractivity contribution is 8.00. The summed E-state index contributed by atoms with van der Waals surface area (Å²) in [5, 5.41) is 9.49. The highest BCUT2D eigenvalue weighted by Crippen LogP contribution is 2.41. The topological polar surface area (TPSA) is 66.0 Å². The Morgan fingerprint density at radius 2 is 2.24 bits per heavy atom. The number of aromatic amines is 1. The summed E-state index contributed by atoms with van der Waals surface area (Å²) >= 11 is 1.33. The Morgan fingerprint density at radius 1 is 1.47 bits per heavy atom. The van der Waals surface area contributed by atoms with Gasteiger partial charge in [-0.05, 0) is 30.9 Å². The number of carboxylic acids is 1. The Kier molecular flexibility index (Phi) is 2.55. The van der Waals surface area contributed by atoms with E-state index < -0.39 is 5.97 Å². The fraction of sp³-hybridized carbons (Fsp3) is 0.333. The van der Waals surface area contributed by atoms with E-state index in [0.717, 1.165) is 23.9 Å². The highest BCUT2D eigenvalue weighted by Gasteiger charge is 2.37. The summed E-state index contributed by atoms with van der Waals surface area (Å²) in [6.45, 7) is 0. The van der Waals surface area contributed by atoms with Gasteiger partial charge < -0.3 is 10.1 Å². The first-order valence-corrected chi connectivity index (χ1v) is 6.46. The summed E-state index contributed by atoms with van der Waals surface area (Å²) in [7, 11) is 0. The van der Waals surface area contributed by atoms with Crippen LogP contribution in [-0.4, -0.2) is 26.3 Å². The maximum absolute atomic E-state index is 11.1. The molecule has 2 N–H and O–H groups in total. The van der Waals surface area contributed by atoms with Gasteiger partial charge in [-0.2, -0.15) is 0 Å². The van der Waals surface area contributed by atoms with Crippen molar-refractivity contribution >= 4 is 28.8 Å². The van der Waals surface area contributed by atoms with Gasteiger partial charge in [0.25, 0.3) is 0 Å². The van der Waals surface area contributed by atoms with E-state index in [9.17, 15) is 4.79 Å². The van der Waals surface area contributed by atoms with Gasteiger partial charge in [0, 0.05) is 0 Å². The van der Waals surface area contributed by atoms with Crippen molar-refractivity contribution < 1.29 is 9.90 Å². The zero-order chi connectivity index (χ0) is 11.8. The van der Waals surface area contributed by atoms with Crippen LogP contribution in [0.5, 0.6) is 0 Å². The van der Waals surface area contributed by atoms with Gasteiger partial charge >= 0.3 is 5.97 Å². The van der Waals surface area contributed by atoms with E-state index >= 15 is 0 Å². The number of aliphatic carboxylic acids is 1. The number of aromatic nitrogens is 2. The third-order valence-corrected chi connectivity index (χ3v) is 4.16. The normalized spacial score (nSPS) is 17.2. The van der Waals surface area contributed by atoms with Crippen LogP contribution in [-0.2, 0) is 4.79 Å². The molecule has 1 heterocycles. The molecule has 1 aliphatic rings. The molecule has 88 valence electrons. The summed E-state index contributed by atoms with van der Waals surface area (Å²) in [6, 6.07) is 7.72. The first-order valence-electron chi connectivity index (χ1n) is 5.58. The van der Waals surface area contributed by atoms with Crippen LogP contribution in [0.4, 0.5) is 0 Å². The van der Waals surface area contributed by atoms with E-state index in [0.29, 0.717) is 11.1 Å². The molecule has 5 heteroatoms. The van der Waals surface area contributed by atoms with E-state index in [-0.39, 0.29) is 5.25 Å². The van der Waals surface area contributed by atoms with Crippen LogP contribution in [0.2, 0.25) is 0 Å². The zero-order valence-electron chi connectivity index (χ0n) is 9.09. The molecule has 1 unspecified atom stereocenters. The average Bonchev–Trinajstić information content (AvgIpc) is 3.05. The van der Waals surface area contributed by atoms with Crippen LogP contribution in [0, 0.1) is 5.92 Å². The van der Waals surface area contributed by atoms with Gasteiger partial charge in [0.15, 0.2) is 5.16 Å². The largest absolute Gasteiger partial charge is 0.480 e. The first-order chi connectivity index (χ1) is 8.24. The third-order valence-electron chi connectivity index (χ3n) is 2.90. The van der Waals surface area contributed by atoms with Crippen LogP contribution in [0.1, 0.15) is 12.8 Å². The maximum Gasteiger partial charge on any atom is 0.317 e. The average molecular weight is 248 g/mol. The number of carbonyl (C=O) groups is 1. The van der Waals surface area contributed by atoms with Crippen LogP contribution in [0.3, 0.4) is 0 Å². The number of rotatable bonds is 4. The molecule has 3 rings (SSSR count). The molecule has 0 aliphatic heterocycles. The number of hydrogen-bond acceptors (Lipinski definition) is 3. The molecule has 1 aliphatic carbocycles. The Morgan fingerprint density at radius 3 is 2.88 bits per heavy atom. The van der Waals surface area contributed by atoms with Crippen LogP contribution >= 0.6 is 11.8 Å². The number of benzene rings is 1. The van der Waals surface area contributed by atoms with Gasteiger partial charge in [-0.25, -0.2) is 4.98 Å². The summed E-state index contributed by atoms with van der Waals surface area (Å²) in [4.78, 5) is 18.7. The van der Waals surface area contributed by atoms with Crippen molar-refractivity contribution in [3.05, 3.63) is 24.3 Å². The van der Waals surface area contributed by atoms with Crippen molar-refractivity contribution in [3.8, 4) is 0 Å². The number of H-pyrrole nitrogens is 1. The Labute approximate surface area is 102 Å². The molecule has 0 radical (unpaired) electrons. The van der Waals surface area contributed by atoms with Gasteiger partial charge in [0.1, 0.15) is 5.25 Å². The van der Waals surface area contributed by atoms with Crippen molar-refractivity contribution in [1.82, 2.24) is 9.97 Å². The van der Waals surface area contributed by atoms with E-state index in [1.54, 1.807) is 0 Å². The minimum absolute atomic E-state index is 0.311. The zero-order valence-corrected chi connectivity index (χ0v) is 9.91. The van der Waals surface area contributed by atoms with Gasteiger partial charge in [-0.1, -0.05) is 23.9 Å². The maximum atomic E-state index is 11.1. The lowest BCUT2D eigenvalue weighted by Crippen LogP contribution is -2.18. The molecule has 1 aromatic heterocycles. The SMILES string of the molecule is O=C(O)C(Sc1nc2ccccc2[nH]1)C1CC1. The number of imidazole rings is 1. The molecule has 0 saturated heterocycles. The summed E-state index contributed by atoms with van der Waals surface area (Å²) in [5.74, 6) is -0.427. The predicted octanol–water partition coefficient (Wildman–Crippen LogP) is 2.52. The molecule has 0 amide bonds.